The topological polar surface area (TPSA) is 46.5 Å². The summed E-state index contributed by atoms with van der Waals surface area (Å²) in [6.45, 7) is -0.0519. The van der Waals surface area contributed by atoms with Gasteiger partial charge in [-0.05, 0) is 29.8 Å². The van der Waals surface area contributed by atoms with Gasteiger partial charge >= 0.3 is 5.97 Å². The summed E-state index contributed by atoms with van der Waals surface area (Å²) in [7, 11) is 0. The molecule has 0 aliphatic carbocycles. The van der Waals surface area contributed by atoms with Crippen LogP contribution in [0, 0.1) is 11.6 Å². The van der Waals surface area contributed by atoms with E-state index >= 15 is 0 Å². The maximum absolute atomic E-state index is 13.1. The molecular weight excluding hydrogens is 290 g/mol. The summed E-state index contributed by atoms with van der Waals surface area (Å²) in [5, 5.41) is 8.90. The molecule has 1 N–H and O–H groups in total. The Labute approximate surface area is 118 Å². The van der Waals surface area contributed by atoms with Gasteiger partial charge in [-0.25, -0.2) is 13.6 Å². The van der Waals surface area contributed by atoms with Gasteiger partial charge in [-0.1, -0.05) is 17.7 Å². The van der Waals surface area contributed by atoms with Crippen LogP contribution in [0.5, 0.6) is 5.75 Å². The molecule has 0 aliphatic rings. The lowest BCUT2D eigenvalue weighted by molar-refractivity contribution is 0.0691. The third kappa shape index (κ3) is 3.24. The summed E-state index contributed by atoms with van der Waals surface area (Å²) in [4.78, 5) is 11.0. The molecule has 0 amide bonds. The van der Waals surface area contributed by atoms with Gasteiger partial charge in [-0.3, -0.25) is 0 Å². The minimum absolute atomic E-state index is 0.0519. The average molecular weight is 299 g/mol. The van der Waals surface area contributed by atoms with Crippen molar-refractivity contribution < 1.29 is 23.4 Å². The van der Waals surface area contributed by atoms with E-state index in [0.29, 0.717) is 5.56 Å². The molecule has 0 saturated carbocycles. The molecule has 2 aromatic carbocycles. The molecule has 0 heterocycles. The Morgan fingerprint density at radius 3 is 2.60 bits per heavy atom. The zero-order valence-corrected chi connectivity index (χ0v) is 10.8. The van der Waals surface area contributed by atoms with Crippen LogP contribution < -0.4 is 4.74 Å². The largest absolute Gasteiger partial charge is 0.488 e. The SMILES string of the molecule is O=C(O)c1ccc(F)cc1OCc1ccc(F)c(Cl)c1. The fraction of sp³-hybridized carbons (Fsp3) is 0.0714. The number of hydrogen-bond acceptors (Lipinski definition) is 2. The molecule has 0 atom stereocenters. The summed E-state index contributed by atoms with van der Waals surface area (Å²) >= 11 is 5.62. The van der Waals surface area contributed by atoms with E-state index in [1.165, 1.54) is 18.2 Å². The third-order valence-corrected chi connectivity index (χ3v) is 2.84. The van der Waals surface area contributed by atoms with E-state index in [9.17, 15) is 13.6 Å². The maximum atomic E-state index is 13.1. The lowest BCUT2D eigenvalue weighted by atomic mass is 10.2. The van der Waals surface area contributed by atoms with Gasteiger partial charge in [0.25, 0.3) is 0 Å². The minimum Gasteiger partial charge on any atom is -0.488 e. The van der Waals surface area contributed by atoms with Gasteiger partial charge in [-0.15, -0.1) is 0 Å². The Kier molecular flexibility index (Phi) is 4.20. The quantitative estimate of drug-likeness (QED) is 0.931. The second-order valence-electron chi connectivity index (χ2n) is 3.98. The fourth-order valence-corrected chi connectivity index (χ4v) is 1.79. The molecule has 0 saturated heterocycles. The second kappa shape index (κ2) is 5.88. The summed E-state index contributed by atoms with van der Waals surface area (Å²) < 4.78 is 31.4. The van der Waals surface area contributed by atoms with Crippen LogP contribution in [0.3, 0.4) is 0 Å². The maximum Gasteiger partial charge on any atom is 0.339 e. The first-order valence-corrected chi connectivity index (χ1v) is 5.95. The number of benzene rings is 2. The van der Waals surface area contributed by atoms with Crippen LogP contribution in [0.4, 0.5) is 8.78 Å². The van der Waals surface area contributed by atoms with Crippen LogP contribution in [-0.4, -0.2) is 11.1 Å². The van der Waals surface area contributed by atoms with Crippen molar-refractivity contribution in [1.29, 1.82) is 0 Å². The van der Waals surface area contributed by atoms with Crippen molar-refractivity contribution in [3.8, 4) is 5.75 Å². The lowest BCUT2D eigenvalue weighted by Gasteiger charge is -2.09. The third-order valence-electron chi connectivity index (χ3n) is 2.55. The van der Waals surface area contributed by atoms with Gasteiger partial charge in [0.1, 0.15) is 29.6 Å². The molecule has 2 rings (SSSR count). The molecule has 0 fully saturated rings. The number of ether oxygens (including phenoxy) is 1. The van der Waals surface area contributed by atoms with Gasteiger partial charge in [0.05, 0.1) is 5.02 Å². The molecule has 3 nitrogen and oxygen atoms in total. The number of carboxylic acid groups (broad SMARTS) is 1. The van der Waals surface area contributed by atoms with E-state index in [0.717, 1.165) is 18.2 Å². The van der Waals surface area contributed by atoms with Crippen molar-refractivity contribution >= 4 is 17.6 Å². The van der Waals surface area contributed by atoms with Crippen LogP contribution in [0.2, 0.25) is 5.02 Å². The van der Waals surface area contributed by atoms with E-state index in [4.69, 9.17) is 21.4 Å². The zero-order valence-electron chi connectivity index (χ0n) is 10.1. The second-order valence-corrected chi connectivity index (χ2v) is 4.39. The van der Waals surface area contributed by atoms with Crippen molar-refractivity contribution in [2.24, 2.45) is 0 Å². The smallest absolute Gasteiger partial charge is 0.339 e. The minimum atomic E-state index is -1.22. The van der Waals surface area contributed by atoms with Crippen molar-refractivity contribution in [3.63, 3.8) is 0 Å². The van der Waals surface area contributed by atoms with Crippen molar-refractivity contribution in [1.82, 2.24) is 0 Å². The van der Waals surface area contributed by atoms with Gasteiger partial charge < -0.3 is 9.84 Å². The Morgan fingerprint density at radius 1 is 1.20 bits per heavy atom. The highest BCUT2D eigenvalue weighted by molar-refractivity contribution is 6.30. The van der Waals surface area contributed by atoms with Crippen LogP contribution in [-0.2, 0) is 6.61 Å². The van der Waals surface area contributed by atoms with Crippen molar-refractivity contribution in [3.05, 3.63) is 64.2 Å². The van der Waals surface area contributed by atoms with E-state index < -0.39 is 17.6 Å². The molecule has 0 bridgehead atoms. The van der Waals surface area contributed by atoms with Crippen LogP contribution in [0.25, 0.3) is 0 Å². The standard InChI is InChI=1S/C14H9ClF2O3/c15-11-5-8(1-4-12(11)17)7-20-13-6-9(16)2-3-10(13)14(18)19/h1-6H,7H2,(H,18,19). The predicted octanol–water partition coefficient (Wildman–Crippen LogP) is 3.90. The normalized spacial score (nSPS) is 10.3. The van der Waals surface area contributed by atoms with Crippen molar-refractivity contribution in [2.45, 2.75) is 6.61 Å². The number of carbonyl (C=O) groups is 1. The molecule has 2 aromatic rings. The summed E-state index contributed by atoms with van der Waals surface area (Å²) in [6.07, 6.45) is 0. The van der Waals surface area contributed by atoms with E-state index in [1.807, 2.05) is 0 Å². The molecule has 0 spiro atoms. The number of carboxylic acids is 1. The number of halogens is 3. The van der Waals surface area contributed by atoms with E-state index in [2.05, 4.69) is 0 Å². The van der Waals surface area contributed by atoms with Gasteiger partial charge in [0.2, 0.25) is 0 Å². The molecule has 104 valence electrons. The Balaban J connectivity index is 2.20. The highest BCUT2D eigenvalue weighted by Gasteiger charge is 2.12. The van der Waals surface area contributed by atoms with Crippen LogP contribution in [0.15, 0.2) is 36.4 Å². The Bertz CT molecular complexity index is 659. The van der Waals surface area contributed by atoms with Gasteiger partial charge in [-0.2, -0.15) is 0 Å². The Morgan fingerprint density at radius 2 is 1.95 bits per heavy atom. The fourth-order valence-electron chi connectivity index (χ4n) is 1.58. The first-order chi connectivity index (χ1) is 9.47. The van der Waals surface area contributed by atoms with Gasteiger partial charge in [0.15, 0.2) is 0 Å². The van der Waals surface area contributed by atoms with E-state index in [-0.39, 0.29) is 22.9 Å². The van der Waals surface area contributed by atoms with Gasteiger partial charge in [0, 0.05) is 6.07 Å². The average Bonchev–Trinajstić information content (AvgIpc) is 2.40. The Hall–Kier alpha value is -2.14. The van der Waals surface area contributed by atoms with E-state index in [1.54, 1.807) is 0 Å². The van der Waals surface area contributed by atoms with Crippen LogP contribution in [0.1, 0.15) is 15.9 Å². The number of aromatic carboxylic acids is 1. The summed E-state index contributed by atoms with van der Waals surface area (Å²) in [5.74, 6) is -2.50. The highest BCUT2D eigenvalue weighted by atomic mass is 35.5. The summed E-state index contributed by atoms with van der Waals surface area (Å²) in [5.41, 5.74) is 0.386. The molecule has 0 unspecified atom stereocenters. The number of rotatable bonds is 4. The van der Waals surface area contributed by atoms with Crippen molar-refractivity contribution in [2.75, 3.05) is 0 Å². The highest BCUT2D eigenvalue weighted by Crippen LogP contribution is 2.22. The summed E-state index contributed by atoms with van der Waals surface area (Å²) in [6, 6.07) is 7.10. The molecule has 0 aliphatic heterocycles. The molecular formula is C14H9ClF2O3. The first kappa shape index (κ1) is 14.3. The number of hydrogen-bond donors (Lipinski definition) is 1. The zero-order chi connectivity index (χ0) is 14.7. The molecule has 20 heavy (non-hydrogen) atoms. The van der Waals surface area contributed by atoms with Crippen LogP contribution >= 0.6 is 11.6 Å². The lowest BCUT2D eigenvalue weighted by Crippen LogP contribution is -2.04. The monoisotopic (exact) mass is 298 g/mol. The molecule has 6 heteroatoms. The molecule has 0 radical (unpaired) electrons. The first-order valence-electron chi connectivity index (χ1n) is 5.57. The molecule has 0 aromatic heterocycles. The predicted molar refractivity (Wildman–Crippen MR) is 69.1 cm³/mol.